The van der Waals surface area contributed by atoms with E-state index in [1.807, 2.05) is 0 Å². The van der Waals surface area contributed by atoms with Gasteiger partial charge in [-0.15, -0.1) is 0 Å². The van der Waals surface area contributed by atoms with Crippen molar-refractivity contribution in [2.24, 2.45) is 5.73 Å². The molecule has 0 atom stereocenters. The molecule has 0 spiro atoms. The van der Waals surface area contributed by atoms with Gasteiger partial charge in [-0.25, -0.2) is 4.39 Å². The molecule has 0 aromatic heterocycles. The van der Waals surface area contributed by atoms with Gasteiger partial charge in [0.05, 0.1) is 5.41 Å². The minimum atomic E-state index is -0.981. The number of carbonyl (C=O) groups is 1. The number of halogens is 1. The maximum absolute atomic E-state index is 13.4. The summed E-state index contributed by atoms with van der Waals surface area (Å²) in [5.41, 5.74) is 5.65. The second-order valence-corrected chi connectivity index (χ2v) is 4.47. The van der Waals surface area contributed by atoms with Crippen LogP contribution in [0.15, 0.2) is 18.2 Å². The Morgan fingerprint density at radius 3 is 2.69 bits per heavy atom. The predicted octanol–water partition coefficient (Wildman–Crippen LogP) is 1.58. The quantitative estimate of drug-likeness (QED) is 0.800. The lowest BCUT2D eigenvalue weighted by Gasteiger charge is -2.43. The smallest absolute Gasteiger partial charge is 0.314 e. The van der Waals surface area contributed by atoms with Crippen LogP contribution in [0, 0.1) is 12.7 Å². The molecule has 2 rings (SSSR count). The summed E-state index contributed by atoms with van der Waals surface area (Å²) in [5, 5.41) is 9.29. The first-order chi connectivity index (χ1) is 7.47. The maximum atomic E-state index is 13.4. The third-order valence-corrected chi connectivity index (χ3v) is 3.41. The highest BCUT2D eigenvalue weighted by Crippen LogP contribution is 2.44. The average Bonchev–Trinajstić information content (AvgIpc) is 2.17. The highest BCUT2D eigenvalue weighted by molar-refractivity contribution is 5.83. The Kier molecular flexibility index (Phi) is 2.46. The van der Waals surface area contributed by atoms with Crippen molar-refractivity contribution in [3.8, 4) is 0 Å². The first-order valence-corrected chi connectivity index (χ1v) is 5.22. The molecule has 3 N–H and O–H groups in total. The van der Waals surface area contributed by atoms with E-state index in [9.17, 15) is 14.3 Å². The van der Waals surface area contributed by atoms with Gasteiger partial charge in [0.2, 0.25) is 0 Å². The van der Waals surface area contributed by atoms with Crippen LogP contribution in [0.1, 0.15) is 24.0 Å². The van der Waals surface area contributed by atoms with Crippen LogP contribution in [0.4, 0.5) is 4.39 Å². The fourth-order valence-corrected chi connectivity index (χ4v) is 2.47. The number of carboxylic acid groups (broad SMARTS) is 1. The van der Waals surface area contributed by atoms with Gasteiger partial charge in [-0.1, -0.05) is 12.1 Å². The standard InChI is InChI=1S/C12H14FNO2/c1-7-9(3-2-4-10(7)13)12(11(15)16)5-8(14)6-12/h2-4,8H,5-6,14H2,1H3,(H,15,16). The molecule has 0 radical (unpaired) electrons. The zero-order chi connectivity index (χ0) is 11.9. The van der Waals surface area contributed by atoms with Crippen molar-refractivity contribution in [2.45, 2.75) is 31.2 Å². The molecular formula is C12H14FNO2. The Morgan fingerprint density at radius 2 is 2.19 bits per heavy atom. The molecule has 1 fully saturated rings. The molecule has 1 aromatic rings. The average molecular weight is 223 g/mol. The van der Waals surface area contributed by atoms with Gasteiger partial charge in [0.15, 0.2) is 0 Å². The van der Waals surface area contributed by atoms with Crippen molar-refractivity contribution >= 4 is 5.97 Å². The third-order valence-electron chi connectivity index (χ3n) is 3.41. The van der Waals surface area contributed by atoms with Crippen LogP contribution in [0.3, 0.4) is 0 Å². The van der Waals surface area contributed by atoms with E-state index in [1.54, 1.807) is 19.1 Å². The van der Waals surface area contributed by atoms with Crippen LogP contribution < -0.4 is 5.73 Å². The van der Waals surface area contributed by atoms with E-state index in [0.717, 1.165) is 0 Å². The molecule has 4 heteroatoms. The second kappa shape index (κ2) is 3.56. The van der Waals surface area contributed by atoms with Crippen LogP contribution in [-0.2, 0) is 10.2 Å². The Bertz CT molecular complexity index is 439. The fourth-order valence-electron chi connectivity index (χ4n) is 2.47. The molecule has 0 unspecified atom stereocenters. The van der Waals surface area contributed by atoms with Gasteiger partial charge < -0.3 is 10.8 Å². The van der Waals surface area contributed by atoms with Gasteiger partial charge >= 0.3 is 5.97 Å². The summed E-state index contributed by atoms with van der Waals surface area (Å²) in [7, 11) is 0. The second-order valence-electron chi connectivity index (χ2n) is 4.47. The van der Waals surface area contributed by atoms with Crippen molar-refractivity contribution in [3.05, 3.63) is 35.1 Å². The topological polar surface area (TPSA) is 63.3 Å². The van der Waals surface area contributed by atoms with E-state index in [2.05, 4.69) is 0 Å². The van der Waals surface area contributed by atoms with Gasteiger partial charge in [-0.3, -0.25) is 4.79 Å². The summed E-state index contributed by atoms with van der Waals surface area (Å²) in [6, 6.07) is 4.47. The minimum absolute atomic E-state index is 0.0984. The molecule has 86 valence electrons. The fraction of sp³-hybridized carbons (Fsp3) is 0.417. The number of rotatable bonds is 2. The Morgan fingerprint density at radius 1 is 1.56 bits per heavy atom. The van der Waals surface area contributed by atoms with E-state index in [-0.39, 0.29) is 11.9 Å². The van der Waals surface area contributed by atoms with Crippen LogP contribution in [0.2, 0.25) is 0 Å². The summed E-state index contributed by atoms with van der Waals surface area (Å²) in [6.45, 7) is 1.61. The van der Waals surface area contributed by atoms with E-state index < -0.39 is 11.4 Å². The van der Waals surface area contributed by atoms with Gasteiger partial charge in [0.25, 0.3) is 0 Å². The van der Waals surface area contributed by atoms with E-state index in [4.69, 9.17) is 5.73 Å². The molecule has 0 aliphatic heterocycles. The number of aliphatic carboxylic acids is 1. The molecule has 16 heavy (non-hydrogen) atoms. The van der Waals surface area contributed by atoms with Gasteiger partial charge in [-0.05, 0) is 37.0 Å². The van der Waals surface area contributed by atoms with Crippen LogP contribution in [0.5, 0.6) is 0 Å². The number of benzene rings is 1. The molecule has 1 aliphatic carbocycles. The third kappa shape index (κ3) is 1.41. The lowest BCUT2D eigenvalue weighted by atomic mass is 9.61. The Hall–Kier alpha value is -1.42. The van der Waals surface area contributed by atoms with Gasteiger partial charge in [0, 0.05) is 6.04 Å². The molecule has 0 bridgehead atoms. The zero-order valence-electron chi connectivity index (χ0n) is 9.03. The number of carboxylic acids is 1. The maximum Gasteiger partial charge on any atom is 0.314 e. The molecule has 1 aromatic carbocycles. The largest absolute Gasteiger partial charge is 0.481 e. The van der Waals surface area contributed by atoms with E-state index in [1.165, 1.54) is 6.07 Å². The van der Waals surface area contributed by atoms with Crippen LogP contribution in [-0.4, -0.2) is 17.1 Å². The monoisotopic (exact) mass is 223 g/mol. The summed E-state index contributed by atoms with van der Waals surface area (Å²) in [4.78, 5) is 11.3. The molecule has 0 saturated heterocycles. The van der Waals surface area contributed by atoms with Crippen LogP contribution >= 0.6 is 0 Å². The predicted molar refractivity (Wildman–Crippen MR) is 57.7 cm³/mol. The Balaban J connectivity index is 2.49. The van der Waals surface area contributed by atoms with Crippen molar-refractivity contribution in [1.82, 2.24) is 0 Å². The summed E-state index contributed by atoms with van der Waals surface area (Å²) in [5.74, 6) is -1.28. The molecule has 0 heterocycles. The van der Waals surface area contributed by atoms with Crippen molar-refractivity contribution in [3.63, 3.8) is 0 Å². The number of nitrogens with two attached hydrogens (primary N) is 1. The molecule has 0 amide bonds. The Labute approximate surface area is 93.1 Å². The summed E-state index contributed by atoms with van der Waals surface area (Å²) in [6.07, 6.45) is 0.763. The summed E-state index contributed by atoms with van der Waals surface area (Å²) >= 11 is 0. The lowest BCUT2D eigenvalue weighted by molar-refractivity contribution is -0.148. The molecular weight excluding hydrogens is 209 g/mol. The molecule has 1 aliphatic rings. The van der Waals surface area contributed by atoms with E-state index >= 15 is 0 Å². The molecule has 1 saturated carbocycles. The van der Waals surface area contributed by atoms with Gasteiger partial charge in [0.1, 0.15) is 5.82 Å². The van der Waals surface area contributed by atoms with Gasteiger partial charge in [-0.2, -0.15) is 0 Å². The highest BCUT2D eigenvalue weighted by atomic mass is 19.1. The van der Waals surface area contributed by atoms with Crippen molar-refractivity contribution in [1.29, 1.82) is 0 Å². The number of hydrogen-bond acceptors (Lipinski definition) is 2. The minimum Gasteiger partial charge on any atom is -0.481 e. The van der Waals surface area contributed by atoms with Crippen LogP contribution in [0.25, 0.3) is 0 Å². The highest BCUT2D eigenvalue weighted by Gasteiger charge is 2.51. The first kappa shape index (κ1) is 11.1. The normalized spacial score (nSPS) is 28.6. The first-order valence-electron chi connectivity index (χ1n) is 5.22. The number of hydrogen-bond donors (Lipinski definition) is 2. The zero-order valence-corrected chi connectivity index (χ0v) is 9.03. The SMILES string of the molecule is Cc1c(F)cccc1C1(C(=O)O)CC(N)C1. The van der Waals surface area contributed by atoms with Crippen molar-refractivity contribution < 1.29 is 14.3 Å². The lowest BCUT2D eigenvalue weighted by Crippen LogP contribution is -2.54. The molecule has 3 nitrogen and oxygen atoms in total. The van der Waals surface area contributed by atoms with E-state index in [0.29, 0.717) is 24.0 Å². The van der Waals surface area contributed by atoms with Crippen molar-refractivity contribution in [2.75, 3.05) is 0 Å². The summed E-state index contributed by atoms with van der Waals surface area (Å²) < 4.78 is 13.4.